The minimum Gasteiger partial charge on any atom is -0.457 e. The molecular weight excluding hydrogens is 622 g/mol. The summed E-state index contributed by atoms with van der Waals surface area (Å²) in [6.07, 6.45) is 6.35. The van der Waals surface area contributed by atoms with Crippen LogP contribution in [0.5, 0.6) is 0 Å². The molecule has 280 valence electrons. The van der Waals surface area contributed by atoms with Gasteiger partial charge < -0.3 is 34.3 Å². The Morgan fingerprint density at radius 2 is 1.67 bits per heavy atom. The maximum Gasteiger partial charge on any atom is 0.303 e. The number of esters is 1. The van der Waals surface area contributed by atoms with E-state index in [1.165, 1.54) is 26.2 Å². The Morgan fingerprint density at radius 1 is 1.00 bits per heavy atom. The standard InChI is InChI=1S/C40H67NO8/c1-23-19-25(33(36(7,8)45)47-24(2)42)48-31-30(23)37(9)15-16-40-21-39(40)14-13-28(49-29-20-41(17-18-46-29)22-34(3,4)44)35(5,6)26(39)11-12-27(40)38(37,10)32(31)43/h23,25-33,43-45H,11-22H2,1-10H3/t23-,25?,26+,27+,28?,29+,30?,31?,32+,33+,37-,38-,39-,40?/m1/s1. The summed E-state index contributed by atoms with van der Waals surface area (Å²) in [4.78, 5) is 14.4. The lowest BCUT2D eigenvalue weighted by atomic mass is 9.41. The van der Waals surface area contributed by atoms with Gasteiger partial charge >= 0.3 is 5.97 Å². The molecule has 5 unspecified atom stereocenters. The van der Waals surface area contributed by atoms with E-state index >= 15 is 0 Å². The lowest BCUT2D eigenvalue weighted by molar-refractivity contribution is -0.250. The number of hydrogen-bond acceptors (Lipinski definition) is 9. The lowest BCUT2D eigenvalue weighted by Crippen LogP contribution is -2.60. The molecule has 2 saturated heterocycles. The van der Waals surface area contributed by atoms with Gasteiger partial charge in [0.2, 0.25) is 0 Å². The average Bonchev–Trinajstić information content (AvgIpc) is 3.61. The number of aliphatic hydroxyl groups excluding tert-OH is 1. The van der Waals surface area contributed by atoms with E-state index in [2.05, 4.69) is 39.5 Å². The average molecular weight is 690 g/mol. The molecule has 14 atom stereocenters. The van der Waals surface area contributed by atoms with E-state index in [-0.39, 0.29) is 57.4 Å². The van der Waals surface area contributed by atoms with Gasteiger partial charge in [0.05, 0.1) is 42.2 Å². The van der Waals surface area contributed by atoms with Crippen LogP contribution >= 0.6 is 0 Å². The van der Waals surface area contributed by atoms with Crippen molar-refractivity contribution in [2.24, 2.45) is 50.7 Å². The van der Waals surface area contributed by atoms with Gasteiger partial charge in [0.25, 0.3) is 0 Å². The number of β-amino-alcohol motifs (C(OH)–C–C–N with tert-alkyl or cyclic N) is 1. The number of fused-ring (bicyclic) bond motifs is 4. The number of morpholine rings is 1. The second-order valence-corrected chi connectivity index (χ2v) is 20.2. The predicted octanol–water partition coefficient (Wildman–Crippen LogP) is 5.32. The van der Waals surface area contributed by atoms with E-state index in [9.17, 15) is 20.1 Å². The highest BCUT2D eigenvalue weighted by molar-refractivity contribution is 5.66. The molecule has 7 aliphatic rings. The zero-order chi connectivity index (χ0) is 35.7. The van der Waals surface area contributed by atoms with Crippen molar-refractivity contribution in [3.05, 3.63) is 0 Å². The van der Waals surface area contributed by atoms with E-state index in [0.29, 0.717) is 38.0 Å². The second-order valence-electron chi connectivity index (χ2n) is 20.2. The number of hydrogen-bond donors (Lipinski definition) is 3. The van der Waals surface area contributed by atoms with Crippen LogP contribution in [-0.2, 0) is 23.7 Å². The summed E-state index contributed by atoms with van der Waals surface area (Å²) < 4.78 is 25.6. The quantitative estimate of drug-likeness (QED) is 0.306. The zero-order valence-electron chi connectivity index (χ0n) is 32.1. The highest BCUT2D eigenvalue weighted by Crippen LogP contribution is 2.89. The molecule has 9 nitrogen and oxygen atoms in total. The smallest absolute Gasteiger partial charge is 0.303 e. The lowest BCUT2D eigenvalue weighted by Gasteiger charge is -2.64. The normalized spacial score (nSPS) is 49.9. The minimum absolute atomic E-state index is 0.00616. The summed E-state index contributed by atoms with van der Waals surface area (Å²) in [6, 6.07) is 0. The third-order valence-electron chi connectivity index (χ3n) is 16.1. The molecule has 2 spiro atoms. The van der Waals surface area contributed by atoms with Gasteiger partial charge in [-0.05, 0) is 124 Å². The minimum atomic E-state index is -1.26. The molecule has 49 heavy (non-hydrogen) atoms. The van der Waals surface area contributed by atoms with E-state index in [1.54, 1.807) is 13.8 Å². The fourth-order valence-corrected chi connectivity index (χ4v) is 14.2. The molecule has 3 N–H and O–H groups in total. The third-order valence-corrected chi connectivity index (χ3v) is 16.1. The van der Waals surface area contributed by atoms with E-state index in [4.69, 9.17) is 18.9 Å². The van der Waals surface area contributed by atoms with Gasteiger partial charge in [-0.15, -0.1) is 0 Å². The van der Waals surface area contributed by atoms with Crippen molar-refractivity contribution < 1.29 is 39.1 Å². The molecule has 7 fully saturated rings. The summed E-state index contributed by atoms with van der Waals surface area (Å²) in [5.41, 5.74) is -1.83. The van der Waals surface area contributed by atoms with Crippen LogP contribution in [0.2, 0.25) is 0 Å². The van der Waals surface area contributed by atoms with Crippen LogP contribution in [0.25, 0.3) is 0 Å². The number of ether oxygens (including phenoxy) is 4. The van der Waals surface area contributed by atoms with Gasteiger partial charge in [0.1, 0.15) is 0 Å². The molecule has 5 aliphatic carbocycles. The number of nitrogens with zero attached hydrogens (tertiary/aromatic N) is 1. The van der Waals surface area contributed by atoms with E-state index in [0.717, 1.165) is 32.2 Å². The van der Waals surface area contributed by atoms with Gasteiger partial charge in [-0.1, -0.05) is 34.6 Å². The van der Waals surface area contributed by atoms with Crippen LogP contribution in [-0.4, -0.2) is 100 Å². The van der Waals surface area contributed by atoms with Crippen LogP contribution in [0.15, 0.2) is 0 Å². The molecule has 5 saturated carbocycles. The number of carbonyl (C=O) groups excluding carboxylic acids is 1. The highest BCUT2D eigenvalue weighted by atomic mass is 16.7. The predicted molar refractivity (Wildman–Crippen MR) is 185 cm³/mol. The molecule has 0 aromatic heterocycles. The Morgan fingerprint density at radius 3 is 2.33 bits per heavy atom. The Hall–Kier alpha value is -0.810. The Balaban J connectivity index is 1.11. The molecule has 2 heterocycles. The molecule has 0 aromatic rings. The number of carbonyl (C=O) groups is 1. The fraction of sp³-hybridized carbons (Fsp3) is 0.975. The summed E-state index contributed by atoms with van der Waals surface area (Å²) in [7, 11) is 0. The fourth-order valence-electron chi connectivity index (χ4n) is 14.2. The Kier molecular flexibility index (Phi) is 8.65. The van der Waals surface area contributed by atoms with Gasteiger partial charge in [0, 0.05) is 32.0 Å². The molecule has 0 bridgehead atoms. The maximum absolute atomic E-state index is 12.6. The van der Waals surface area contributed by atoms with Crippen LogP contribution in [0.1, 0.15) is 121 Å². The van der Waals surface area contributed by atoms with Crippen molar-refractivity contribution in [2.75, 3.05) is 26.2 Å². The maximum atomic E-state index is 12.6. The zero-order valence-corrected chi connectivity index (χ0v) is 32.1. The first-order valence-corrected chi connectivity index (χ1v) is 19.6. The second kappa shape index (κ2) is 11.6. The number of aliphatic hydroxyl groups is 3. The van der Waals surface area contributed by atoms with Crippen molar-refractivity contribution >= 4 is 5.97 Å². The number of rotatable bonds is 7. The molecule has 0 amide bonds. The van der Waals surface area contributed by atoms with E-state index in [1.807, 2.05) is 13.8 Å². The Labute approximate surface area is 295 Å². The largest absolute Gasteiger partial charge is 0.457 e. The first-order chi connectivity index (χ1) is 22.6. The van der Waals surface area contributed by atoms with Crippen molar-refractivity contribution in [3.8, 4) is 0 Å². The monoisotopic (exact) mass is 689 g/mol. The van der Waals surface area contributed by atoms with Gasteiger partial charge in [0.15, 0.2) is 12.4 Å². The molecule has 0 radical (unpaired) electrons. The van der Waals surface area contributed by atoms with Crippen LogP contribution in [0.4, 0.5) is 0 Å². The van der Waals surface area contributed by atoms with E-state index < -0.39 is 35.5 Å². The van der Waals surface area contributed by atoms with Gasteiger partial charge in [-0.3, -0.25) is 9.69 Å². The molecule has 9 heteroatoms. The summed E-state index contributed by atoms with van der Waals surface area (Å²) >= 11 is 0. The molecule has 7 rings (SSSR count). The van der Waals surface area contributed by atoms with Crippen molar-refractivity contribution in [1.82, 2.24) is 4.90 Å². The highest BCUT2D eigenvalue weighted by Gasteiger charge is 2.84. The van der Waals surface area contributed by atoms with Crippen LogP contribution < -0.4 is 0 Å². The summed E-state index contributed by atoms with van der Waals surface area (Å²) in [5, 5.41) is 34.0. The van der Waals surface area contributed by atoms with Crippen molar-refractivity contribution in [3.63, 3.8) is 0 Å². The van der Waals surface area contributed by atoms with Gasteiger partial charge in [-0.2, -0.15) is 0 Å². The Bertz CT molecular complexity index is 1290. The SMILES string of the molecule is CC(=O)O[C@@H](C1C[C@@H](C)C2C(O1)[C@H](O)[C@@]1(C)[C@@H]3CC[C@H]4C(C)(C)C(O[C@H]5CN(CC(C)(C)O)CCO5)CC[C@@]45CC35CC[C@]21C)C(C)(C)O. The van der Waals surface area contributed by atoms with Crippen molar-refractivity contribution in [1.29, 1.82) is 0 Å². The van der Waals surface area contributed by atoms with Crippen LogP contribution in [0.3, 0.4) is 0 Å². The first kappa shape index (κ1) is 36.5. The van der Waals surface area contributed by atoms with Gasteiger partial charge in [-0.25, -0.2) is 0 Å². The molecular formula is C40H67NO8. The molecule has 2 aliphatic heterocycles. The van der Waals surface area contributed by atoms with Crippen LogP contribution in [0, 0.1) is 50.7 Å². The summed E-state index contributed by atoms with van der Waals surface area (Å²) in [5.74, 6) is 1.03. The topological polar surface area (TPSA) is 118 Å². The molecule has 0 aromatic carbocycles. The van der Waals surface area contributed by atoms with Crippen molar-refractivity contribution in [2.45, 2.75) is 169 Å². The summed E-state index contributed by atoms with van der Waals surface area (Å²) in [6.45, 7) is 23.2. The third kappa shape index (κ3) is 5.35. The first-order valence-electron chi connectivity index (χ1n) is 19.6.